The minimum absolute atomic E-state index is 0.121. The molecule has 1 aromatic carbocycles. The van der Waals surface area contributed by atoms with Gasteiger partial charge in [0.05, 0.1) is 11.6 Å². The molecule has 2 aromatic heterocycles. The normalized spacial score (nSPS) is 10.8. The van der Waals surface area contributed by atoms with Gasteiger partial charge in [0, 0.05) is 30.5 Å². The number of carbonyl (C=O) groups is 1. The Hall–Kier alpha value is -2.38. The van der Waals surface area contributed by atoms with Gasteiger partial charge in [-0.15, -0.1) is 0 Å². The molecule has 0 radical (unpaired) electrons. The Morgan fingerprint density at radius 2 is 2.04 bits per heavy atom. The summed E-state index contributed by atoms with van der Waals surface area (Å²) in [5.41, 5.74) is 0.835. The maximum absolute atomic E-state index is 13.1. The molecule has 1 N–H and O–H groups in total. The maximum Gasteiger partial charge on any atom is 0.278 e. The molecule has 9 heteroatoms. The molecule has 2 heterocycles. The molecule has 0 saturated heterocycles. The van der Waals surface area contributed by atoms with Crippen molar-refractivity contribution in [2.75, 3.05) is 5.32 Å². The third-order valence-corrected chi connectivity index (χ3v) is 3.86. The fraction of sp³-hybridized carbons (Fsp3) is 0.133. The highest BCUT2D eigenvalue weighted by Crippen LogP contribution is 2.19. The fourth-order valence-electron chi connectivity index (χ4n) is 2.13. The molecule has 0 aliphatic carbocycles. The Morgan fingerprint density at radius 3 is 2.71 bits per heavy atom. The molecule has 0 unspecified atom stereocenters. The van der Waals surface area contributed by atoms with Crippen LogP contribution in [0.25, 0.3) is 0 Å². The summed E-state index contributed by atoms with van der Waals surface area (Å²) < 4.78 is 16.1. The Kier molecular flexibility index (Phi) is 4.55. The van der Waals surface area contributed by atoms with Crippen molar-refractivity contribution in [1.29, 1.82) is 0 Å². The van der Waals surface area contributed by atoms with Crippen molar-refractivity contribution in [2.24, 2.45) is 7.05 Å². The van der Waals surface area contributed by atoms with Crippen LogP contribution in [-0.4, -0.2) is 25.5 Å². The van der Waals surface area contributed by atoms with Crippen molar-refractivity contribution < 1.29 is 9.18 Å². The van der Waals surface area contributed by atoms with E-state index in [4.69, 9.17) is 23.2 Å². The largest absolute Gasteiger partial charge is 0.304 e. The van der Waals surface area contributed by atoms with Crippen LogP contribution in [0, 0.1) is 5.82 Å². The summed E-state index contributed by atoms with van der Waals surface area (Å²) >= 11 is 11.9. The standard InChI is InChI=1S/C15H12Cl2FN5O/c1-22-8-12(17)14(21-22)15(24)19-13-4-5-23(20-13)7-9-2-3-10(18)6-11(9)16/h2-6,8H,7H2,1H3,(H,19,20,24). The predicted octanol–water partition coefficient (Wildman–Crippen LogP) is 3.36. The number of hydrogen-bond acceptors (Lipinski definition) is 3. The molecular weight excluding hydrogens is 356 g/mol. The Labute approximate surface area is 146 Å². The maximum atomic E-state index is 13.1. The summed E-state index contributed by atoms with van der Waals surface area (Å²) in [4.78, 5) is 12.1. The summed E-state index contributed by atoms with van der Waals surface area (Å²) in [6.45, 7) is 0.347. The summed E-state index contributed by atoms with van der Waals surface area (Å²) in [5, 5.41) is 11.4. The molecule has 124 valence electrons. The first-order valence-corrected chi connectivity index (χ1v) is 7.66. The van der Waals surface area contributed by atoms with E-state index in [0.717, 1.165) is 0 Å². The van der Waals surface area contributed by atoms with Gasteiger partial charge in [-0.05, 0) is 17.7 Å². The van der Waals surface area contributed by atoms with Gasteiger partial charge in [0.2, 0.25) is 0 Å². The van der Waals surface area contributed by atoms with Gasteiger partial charge in [-0.3, -0.25) is 14.2 Å². The zero-order valence-corrected chi connectivity index (χ0v) is 14.0. The van der Waals surface area contributed by atoms with Gasteiger partial charge in [0.1, 0.15) is 5.82 Å². The number of nitrogens with one attached hydrogen (secondary N) is 1. The first-order valence-electron chi connectivity index (χ1n) is 6.90. The summed E-state index contributed by atoms with van der Waals surface area (Å²) in [6, 6.07) is 5.79. The SMILES string of the molecule is Cn1cc(Cl)c(C(=O)Nc2ccn(Cc3ccc(F)cc3Cl)n2)n1. The van der Waals surface area contributed by atoms with Crippen LogP contribution in [0.1, 0.15) is 16.1 Å². The van der Waals surface area contributed by atoms with Crippen molar-refractivity contribution >= 4 is 34.9 Å². The van der Waals surface area contributed by atoms with Gasteiger partial charge in [0.15, 0.2) is 11.5 Å². The zero-order chi connectivity index (χ0) is 17.3. The highest BCUT2D eigenvalue weighted by atomic mass is 35.5. The summed E-state index contributed by atoms with van der Waals surface area (Å²) in [6.07, 6.45) is 3.21. The van der Waals surface area contributed by atoms with Gasteiger partial charge in [-0.1, -0.05) is 29.3 Å². The van der Waals surface area contributed by atoms with E-state index in [1.165, 1.54) is 23.0 Å². The molecule has 1 amide bonds. The number of aryl methyl sites for hydroxylation is 1. The molecule has 6 nitrogen and oxygen atoms in total. The molecule has 0 spiro atoms. The van der Waals surface area contributed by atoms with Crippen LogP contribution in [0.3, 0.4) is 0 Å². The molecular formula is C15H12Cl2FN5O. The van der Waals surface area contributed by atoms with Crippen LogP contribution in [0.4, 0.5) is 10.2 Å². The summed E-state index contributed by atoms with van der Waals surface area (Å²) in [7, 11) is 1.67. The smallest absolute Gasteiger partial charge is 0.278 e. The molecule has 0 aliphatic rings. The molecule has 3 aromatic rings. The van der Waals surface area contributed by atoms with Gasteiger partial charge >= 0.3 is 0 Å². The minimum Gasteiger partial charge on any atom is -0.304 e. The quantitative estimate of drug-likeness (QED) is 0.768. The predicted molar refractivity (Wildman–Crippen MR) is 88.9 cm³/mol. The van der Waals surface area contributed by atoms with Crippen LogP contribution in [0.5, 0.6) is 0 Å². The monoisotopic (exact) mass is 367 g/mol. The molecule has 0 aliphatic heterocycles. The second kappa shape index (κ2) is 6.62. The van der Waals surface area contributed by atoms with Gasteiger partial charge < -0.3 is 5.32 Å². The van der Waals surface area contributed by atoms with Crippen molar-refractivity contribution in [1.82, 2.24) is 19.6 Å². The second-order valence-electron chi connectivity index (χ2n) is 5.09. The lowest BCUT2D eigenvalue weighted by Gasteiger charge is -2.05. The number of hydrogen-bond donors (Lipinski definition) is 1. The van der Waals surface area contributed by atoms with E-state index in [-0.39, 0.29) is 10.7 Å². The van der Waals surface area contributed by atoms with E-state index in [1.807, 2.05) is 0 Å². The van der Waals surface area contributed by atoms with Gasteiger partial charge in [-0.25, -0.2) is 4.39 Å². The highest BCUT2D eigenvalue weighted by molar-refractivity contribution is 6.34. The van der Waals surface area contributed by atoms with E-state index < -0.39 is 11.7 Å². The Balaban J connectivity index is 1.71. The third-order valence-electron chi connectivity index (χ3n) is 3.23. The number of carbonyl (C=O) groups excluding carboxylic acids is 1. The lowest BCUT2D eigenvalue weighted by atomic mass is 10.2. The lowest BCUT2D eigenvalue weighted by Crippen LogP contribution is -2.14. The van der Waals surface area contributed by atoms with Crippen LogP contribution in [0.2, 0.25) is 10.0 Å². The van der Waals surface area contributed by atoms with Crippen molar-refractivity contribution in [2.45, 2.75) is 6.54 Å². The van der Waals surface area contributed by atoms with Crippen LogP contribution in [-0.2, 0) is 13.6 Å². The summed E-state index contributed by atoms with van der Waals surface area (Å²) in [5.74, 6) is -0.505. The number of benzene rings is 1. The van der Waals surface area contributed by atoms with Crippen molar-refractivity contribution in [3.8, 4) is 0 Å². The van der Waals surface area contributed by atoms with Crippen molar-refractivity contribution in [3.05, 3.63) is 63.8 Å². The van der Waals surface area contributed by atoms with E-state index >= 15 is 0 Å². The van der Waals surface area contributed by atoms with E-state index in [2.05, 4.69) is 15.5 Å². The average Bonchev–Trinajstić information content (AvgIpc) is 3.08. The number of aromatic nitrogens is 4. The Bertz CT molecular complexity index is 905. The van der Waals surface area contributed by atoms with Crippen molar-refractivity contribution in [3.63, 3.8) is 0 Å². The van der Waals surface area contributed by atoms with E-state index in [1.54, 1.807) is 30.1 Å². The molecule has 3 rings (SSSR count). The molecule has 0 fully saturated rings. The fourth-order valence-corrected chi connectivity index (χ4v) is 2.62. The first kappa shape index (κ1) is 16.5. The average molecular weight is 368 g/mol. The lowest BCUT2D eigenvalue weighted by molar-refractivity contribution is 0.102. The molecule has 0 bridgehead atoms. The number of halogens is 3. The molecule has 0 atom stereocenters. The van der Waals surface area contributed by atoms with Crippen LogP contribution in [0.15, 0.2) is 36.7 Å². The zero-order valence-electron chi connectivity index (χ0n) is 12.5. The molecule has 0 saturated carbocycles. The van der Waals surface area contributed by atoms with E-state index in [0.29, 0.717) is 22.9 Å². The number of rotatable bonds is 4. The minimum atomic E-state index is -0.453. The topological polar surface area (TPSA) is 64.7 Å². The van der Waals surface area contributed by atoms with Crippen LogP contribution < -0.4 is 5.32 Å². The Morgan fingerprint density at radius 1 is 1.25 bits per heavy atom. The third kappa shape index (κ3) is 3.58. The van der Waals surface area contributed by atoms with E-state index in [9.17, 15) is 9.18 Å². The number of nitrogens with zero attached hydrogens (tertiary/aromatic N) is 4. The molecule has 24 heavy (non-hydrogen) atoms. The number of amides is 1. The van der Waals surface area contributed by atoms with Crippen LogP contribution >= 0.6 is 23.2 Å². The van der Waals surface area contributed by atoms with Gasteiger partial charge in [0.25, 0.3) is 5.91 Å². The highest BCUT2D eigenvalue weighted by Gasteiger charge is 2.16. The number of anilines is 1. The second-order valence-corrected chi connectivity index (χ2v) is 5.90. The van der Waals surface area contributed by atoms with Gasteiger partial charge in [-0.2, -0.15) is 10.2 Å². The first-order chi connectivity index (χ1) is 11.4.